The number of sulfone groups is 1. The average Bonchev–Trinajstić information content (AvgIpc) is 2.46. The van der Waals surface area contributed by atoms with Gasteiger partial charge < -0.3 is 4.90 Å². The van der Waals surface area contributed by atoms with E-state index in [1.54, 1.807) is 0 Å². The van der Waals surface area contributed by atoms with Gasteiger partial charge in [-0.25, -0.2) is 21.6 Å². The molecule has 1 fully saturated rings. The maximum atomic E-state index is 12.6. The Morgan fingerprint density at radius 3 is 2.41 bits per heavy atom. The zero-order valence-electron chi connectivity index (χ0n) is 12.8. The molecule has 1 aliphatic rings. The van der Waals surface area contributed by atoms with Gasteiger partial charge in [0.2, 0.25) is 10.0 Å². The van der Waals surface area contributed by atoms with Gasteiger partial charge in [-0.15, -0.1) is 0 Å². The van der Waals surface area contributed by atoms with E-state index in [1.165, 1.54) is 24.3 Å². The second kappa shape index (κ2) is 6.66. The van der Waals surface area contributed by atoms with Crippen LogP contribution in [-0.4, -0.2) is 53.7 Å². The van der Waals surface area contributed by atoms with E-state index in [0.29, 0.717) is 6.54 Å². The number of rotatable bonds is 5. The van der Waals surface area contributed by atoms with E-state index in [1.807, 2.05) is 6.92 Å². The molecule has 1 atom stereocenters. The average molecular weight is 346 g/mol. The highest BCUT2D eigenvalue weighted by Gasteiger charge is 2.28. The van der Waals surface area contributed by atoms with Crippen LogP contribution in [0, 0.1) is 0 Å². The quantitative estimate of drug-likeness (QED) is 0.855. The third kappa shape index (κ3) is 4.07. The second-order valence-electron chi connectivity index (χ2n) is 5.57. The van der Waals surface area contributed by atoms with Crippen molar-refractivity contribution in [3.05, 3.63) is 24.3 Å². The minimum absolute atomic E-state index is 0.161. The first kappa shape index (κ1) is 17.4. The Balaban J connectivity index is 2.28. The number of nitrogens with zero attached hydrogens (tertiary/aromatic N) is 1. The molecule has 1 aromatic rings. The van der Waals surface area contributed by atoms with Gasteiger partial charge in [0.1, 0.15) is 4.90 Å². The van der Waals surface area contributed by atoms with Crippen molar-refractivity contribution in [2.45, 2.75) is 35.6 Å². The first-order valence-electron chi connectivity index (χ1n) is 7.28. The van der Waals surface area contributed by atoms with E-state index in [-0.39, 0.29) is 15.8 Å². The summed E-state index contributed by atoms with van der Waals surface area (Å²) in [6, 6.07) is 5.52. The number of benzene rings is 1. The van der Waals surface area contributed by atoms with Crippen LogP contribution in [0.4, 0.5) is 0 Å². The summed E-state index contributed by atoms with van der Waals surface area (Å²) in [6.07, 6.45) is 2.70. The number of likely N-dealkylation sites (N-methyl/N-ethyl adjacent to an activating group) is 1. The lowest BCUT2D eigenvalue weighted by atomic mass is 10.1. The van der Waals surface area contributed by atoms with Crippen LogP contribution >= 0.6 is 0 Å². The SMILES string of the molecule is CCN1CCCC(NS(=O)(=O)c2ccccc2S(C)(=O)=O)C1. The molecule has 1 heterocycles. The Bertz CT molecular complexity index is 729. The largest absolute Gasteiger partial charge is 0.302 e. The van der Waals surface area contributed by atoms with E-state index in [9.17, 15) is 16.8 Å². The monoisotopic (exact) mass is 346 g/mol. The molecular weight excluding hydrogens is 324 g/mol. The molecule has 1 aliphatic heterocycles. The van der Waals surface area contributed by atoms with Gasteiger partial charge in [0.15, 0.2) is 9.84 Å². The van der Waals surface area contributed by atoms with Crippen LogP contribution < -0.4 is 4.72 Å². The van der Waals surface area contributed by atoms with Gasteiger partial charge in [0.25, 0.3) is 0 Å². The van der Waals surface area contributed by atoms with E-state index < -0.39 is 19.9 Å². The lowest BCUT2D eigenvalue weighted by Crippen LogP contribution is -2.47. The van der Waals surface area contributed by atoms with Crippen LogP contribution in [-0.2, 0) is 19.9 Å². The van der Waals surface area contributed by atoms with Crippen molar-refractivity contribution in [2.75, 3.05) is 25.9 Å². The fourth-order valence-corrected chi connectivity index (χ4v) is 5.59. The fraction of sp³-hybridized carbons (Fsp3) is 0.571. The molecule has 0 aliphatic carbocycles. The molecule has 1 saturated heterocycles. The highest BCUT2D eigenvalue weighted by Crippen LogP contribution is 2.21. The topological polar surface area (TPSA) is 83.6 Å². The summed E-state index contributed by atoms with van der Waals surface area (Å²) < 4.78 is 51.4. The van der Waals surface area contributed by atoms with E-state index >= 15 is 0 Å². The van der Waals surface area contributed by atoms with Crippen LogP contribution in [0.5, 0.6) is 0 Å². The van der Waals surface area contributed by atoms with Crippen molar-refractivity contribution in [1.29, 1.82) is 0 Å². The van der Waals surface area contributed by atoms with Crippen molar-refractivity contribution in [3.8, 4) is 0 Å². The highest BCUT2D eigenvalue weighted by molar-refractivity contribution is 7.93. The molecule has 1 N–H and O–H groups in total. The highest BCUT2D eigenvalue weighted by atomic mass is 32.2. The number of sulfonamides is 1. The maximum Gasteiger partial charge on any atom is 0.242 e. The summed E-state index contributed by atoms with van der Waals surface area (Å²) in [6.45, 7) is 4.53. The van der Waals surface area contributed by atoms with Crippen molar-refractivity contribution in [1.82, 2.24) is 9.62 Å². The lowest BCUT2D eigenvalue weighted by molar-refractivity contribution is 0.211. The standard InChI is InChI=1S/C14H22N2O4S2/c1-3-16-10-6-7-12(11-16)15-22(19,20)14-9-5-4-8-13(14)21(2,17)18/h4-5,8-9,12,15H,3,6-7,10-11H2,1-2H3. The summed E-state index contributed by atoms with van der Waals surface area (Å²) in [4.78, 5) is 1.84. The Hall–Kier alpha value is -0.960. The number of piperidine rings is 1. The molecule has 0 spiro atoms. The van der Waals surface area contributed by atoms with Gasteiger partial charge in [0.05, 0.1) is 4.90 Å². The van der Waals surface area contributed by atoms with Crippen molar-refractivity contribution >= 4 is 19.9 Å². The van der Waals surface area contributed by atoms with Crippen molar-refractivity contribution < 1.29 is 16.8 Å². The summed E-state index contributed by atoms with van der Waals surface area (Å²) in [5.41, 5.74) is 0. The molecule has 1 unspecified atom stereocenters. The van der Waals surface area contributed by atoms with Gasteiger partial charge >= 0.3 is 0 Å². The predicted octanol–water partition coefficient (Wildman–Crippen LogP) is 0.853. The smallest absolute Gasteiger partial charge is 0.242 e. The molecule has 22 heavy (non-hydrogen) atoms. The van der Waals surface area contributed by atoms with Crippen molar-refractivity contribution in [3.63, 3.8) is 0 Å². The first-order valence-corrected chi connectivity index (χ1v) is 10.7. The van der Waals surface area contributed by atoms with E-state index in [0.717, 1.165) is 32.2 Å². The molecule has 0 aromatic heterocycles. The summed E-state index contributed by atoms with van der Waals surface area (Å²) >= 11 is 0. The van der Waals surface area contributed by atoms with Gasteiger partial charge in [-0.1, -0.05) is 19.1 Å². The molecule has 0 saturated carbocycles. The number of nitrogens with one attached hydrogen (secondary N) is 1. The third-order valence-corrected chi connectivity index (χ3v) is 6.68. The van der Waals surface area contributed by atoms with E-state index in [4.69, 9.17) is 0 Å². The van der Waals surface area contributed by atoms with Crippen LogP contribution in [0.2, 0.25) is 0 Å². The zero-order chi connectivity index (χ0) is 16.4. The fourth-order valence-electron chi connectivity index (χ4n) is 2.70. The van der Waals surface area contributed by atoms with Crippen LogP contribution in [0.3, 0.4) is 0 Å². The molecule has 6 nitrogen and oxygen atoms in total. The maximum absolute atomic E-state index is 12.6. The van der Waals surface area contributed by atoms with E-state index in [2.05, 4.69) is 9.62 Å². The van der Waals surface area contributed by atoms with Crippen LogP contribution in [0.25, 0.3) is 0 Å². The van der Waals surface area contributed by atoms with Gasteiger partial charge in [-0.3, -0.25) is 0 Å². The Labute approximate surface area is 132 Å². The number of hydrogen-bond acceptors (Lipinski definition) is 5. The van der Waals surface area contributed by atoms with Crippen molar-refractivity contribution in [2.24, 2.45) is 0 Å². The molecule has 0 amide bonds. The minimum atomic E-state index is -3.86. The zero-order valence-corrected chi connectivity index (χ0v) is 14.5. The molecule has 2 rings (SSSR count). The molecular formula is C14H22N2O4S2. The molecule has 8 heteroatoms. The minimum Gasteiger partial charge on any atom is -0.302 e. The van der Waals surface area contributed by atoms with Crippen LogP contribution in [0.15, 0.2) is 34.1 Å². The number of likely N-dealkylation sites (tertiary alicyclic amines) is 1. The predicted molar refractivity (Wildman–Crippen MR) is 85.0 cm³/mol. The Morgan fingerprint density at radius 2 is 1.82 bits per heavy atom. The Kier molecular flexibility index (Phi) is 5.26. The second-order valence-corrected chi connectivity index (χ2v) is 9.24. The molecule has 0 radical (unpaired) electrons. The molecule has 0 bridgehead atoms. The summed E-state index contributed by atoms with van der Waals surface area (Å²) in [5, 5.41) is 0. The summed E-state index contributed by atoms with van der Waals surface area (Å²) in [7, 11) is -7.46. The molecule has 124 valence electrons. The van der Waals surface area contributed by atoms with Gasteiger partial charge in [-0.05, 0) is 38.1 Å². The third-order valence-electron chi connectivity index (χ3n) is 3.81. The first-order chi connectivity index (χ1) is 10.2. The van der Waals surface area contributed by atoms with Gasteiger partial charge in [0, 0.05) is 18.8 Å². The number of hydrogen-bond donors (Lipinski definition) is 1. The summed E-state index contributed by atoms with van der Waals surface area (Å²) in [5.74, 6) is 0. The van der Waals surface area contributed by atoms with Crippen LogP contribution in [0.1, 0.15) is 19.8 Å². The Morgan fingerprint density at radius 1 is 1.18 bits per heavy atom. The normalized spacial score (nSPS) is 20.9. The molecule has 1 aromatic carbocycles. The van der Waals surface area contributed by atoms with Gasteiger partial charge in [-0.2, -0.15) is 0 Å². The lowest BCUT2D eigenvalue weighted by Gasteiger charge is -2.32.